The fourth-order valence-electron chi connectivity index (χ4n) is 1.40. The van der Waals surface area contributed by atoms with Gasteiger partial charge < -0.3 is 9.47 Å². The van der Waals surface area contributed by atoms with Crippen LogP contribution in [-0.2, 0) is 4.74 Å². The van der Waals surface area contributed by atoms with E-state index in [2.05, 4.69) is 0 Å². The maximum absolute atomic E-state index is 5.99. The molecule has 0 N–H and O–H groups in total. The Labute approximate surface area is 82.4 Å². The minimum Gasteiger partial charge on any atom is -0.495 e. The van der Waals surface area contributed by atoms with Crippen LogP contribution < -0.4 is 4.74 Å². The fraction of sp³-hybridized carbons (Fsp3) is 0.400. The normalized spacial score (nSPS) is 20.1. The van der Waals surface area contributed by atoms with Crippen molar-refractivity contribution in [3.05, 3.63) is 28.3 Å². The third-order valence-electron chi connectivity index (χ3n) is 2.22. The van der Waals surface area contributed by atoms with Crippen LogP contribution in [0.5, 0.6) is 5.75 Å². The number of methoxy groups -OCH3 is 1. The van der Waals surface area contributed by atoms with Crippen molar-refractivity contribution < 1.29 is 9.47 Å². The van der Waals surface area contributed by atoms with E-state index in [0.717, 1.165) is 12.4 Å². The first-order chi connectivity index (χ1) is 6.22. The summed E-state index contributed by atoms with van der Waals surface area (Å²) in [5.41, 5.74) is 2.34. The van der Waals surface area contributed by atoms with E-state index >= 15 is 0 Å². The molecule has 0 spiro atoms. The lowest BCUT2D eigenvalue weighted by atomic mass is 10.1. The standard InChI is InChI=1S/C10H11ClO2/c1-6-3-9(12-2)8(11)4-7(6)10-5-13-10/h3-4,10H,5H2,1-2H3. The maximum atomic E-state index is 5.99. The Hall–Kier alpha value is -0.730. The summed E-state index contributed by atoms with van der Waals surface area (Å²) in [5, 5.41) is 0.651. The Balaban J connectivity index is 2.42. The van der Waals surface area contributed by atoms with Gasteiger partial charge in [0.2, 0.25) is 0 Å². The van der Waals surface area contributed by atoms with Gasteiger partial charge in [0, 0.05) is 0 Å². The molecule has 1 aliphatic heterocycles. The van der Waals surface area contributed by atoms with Crippen LogP contribution in [0.25, 0.3) is 0 Å². The summed E-state index contributed by atoms with van der Waals surface area (Å²) in [6, 6.07) is 3.87. The van der Waals surface area contributed by atoms with Gasteiger partial charge in [0.05, 0.1) is 18.7 Å². The summed E-state index contributed by atoms with van der Waals surface area (Å²) in [6.07, 6.45) is 0.253. The number of ether oxygens (including phenoxy) is 2. The van der Waals surface area contributed by atoms with E-state index in [1.807, 2.05) is 19.1 Å². The van der Waals surface area contributed by atoms with Gasteiger partial charge in [-0.3, -0.25) is 0 Å². The molecule has 1 saturated heterocycles. The lowest BCUT2D eigenvalue weighted by Crippen LogP contribution is -1.91. The molecule has 1 fully saturated rings. The SMILES string of the molecule is COc1cc(C)c(C2CO2)cc1Cl. The minimum absolute atomic E-state index is 0.253. The third kappa shape index (κ3) is 1.64. The number of hydrogen-bond acceptors (Lipinski definition) is 2. The van der Waals surface area contributed by atoms with Crippen LogP contribution in [-0.4, -0.2) is 13.7 Å². The van der Waals surface area contributed by atoms with Crippen molar-refractivity contribution >= 4 is 11.6 Å². The predicted molar refractivity (Wildman–Crippen MR) is 51.4 cm³/mol. The molecule has 1 unspecified atom stereocenters. The molecule has 2 rings (SSSR count). The zero-order chi connectivity index (χ0) is 9.42. The van der Waals surface area contributed by atoms with Crippen LogP contribution in [0, 0.1) is 6.92 Å². The molecule has 0 radical (unpaired) electrons. The number of aryl methyl sites for hydroxylation is 1. The van der Waals surface area contributed by atoms with Gasteiger partial charge in [-0.05, 0) is 30.2 Å². The summed E-state index contributed by atoms with van der Waals surface area (Å²) in [6.45, 7) is 2.85. The quantitative estimate of drug-likeness (QED) is 0.682. The first kappa shape index (κ1) is 8.85. The molecule has 0 aliphatic carbocycles. The molecule has 13 heavy (non-hydrogen) atoms. The van der Waals surface area contributed by atoms with Gasteiger partial charge in [0.1, 0.15) is 11.9 Å². The molecular formula is C10H11ClO2. The molecule has 0 bridgehead atoms. The van der Waals surface area contributed by atoms with E-state index in [0.29, 0.717) is 5.02 Å². The molecule has 1 aromatic rings. The molecule has 1 aliphatic rings. The average Bonchev–Trinajstić information content (AvgIpc) is 2.91. The van der Waals surface area contributed by atoms with E-state index in [1.54, 1.807) is 7.11 Å². The topological polar surface area (TPSA) is 21.8 Å². The van der Waals surface area contributed by atoms with Crippen molar-refractivity contribution in [2.24, 2.45) is 0 Å². The van der Waals surface area contributed by atoms with Crippen LogP contribution in [0.15, 0.2) is 12.1 Å². The average molecular weight is 199 g/mol. The van der Waals surface area contributed by atoms with Gasteiger partial charge in [-0.15, -0.1) is 0 Å². The van der Waals surface area contributed by atoms with Crippen LogP contribution in [0.4, 0.5) is 0 Å². The van der Waals surface area contributed by atoms with E-state index in [1.165, 1.54) is 11.1 Å². The molecule has 0 amide bonds. The van der Waals surface area contributed by atoms with Crippen LogP contribution in [0.2, 0.25) is 5.02 Å². The zero-order valence-corrected chi connectivity index (χ0v) is 8.39. The second kappa shape index (κ2) is 3.20. The van der Waals surface area contributed by atoms with Crippen LogP contribution in [0.3, 0.4) is 0 Å². The largest absolute Gasteiger partial charge is 0.495 e. The molecule has 0 aromatic heterocycles. The number of rotatable bonds is 2. The number of halogens is 1. The summed E-state index contributed by atoms with van der Waals surface area (Å²) < 4.78 is 10.3. The lowest BCUT2D eigenvalue weighted by molar-refractivity contribution is 0.408. The van der Waals surface area contributed by atoms with Crippen LogP contribution >= 0.6 is 11.6 Å². The van der Waals surface area contributed by atoms with Gasteiger partial charge in [0.25, 0.3) is 0 Å². The summed E-state index contributed by atoms with van der Waals surface area (Å²) in [4.78, 5) is 0. The van der Waals surface area contributed by atoms with E-state index in [9.17, 15) is 0 Å². The predicted octanol–water partition coefficient (Wildman–Crippen LogP) is 2.73. The second-order valence-electron chi connectivity index (χ2n) is 3.17. The van der Waals surface area contributed by atoms with Gasteiger partial charge in [-0.1, -0.05) is 11.6 Å². The molecule has 1 heterocycles. The number of benzene rings is 1. The summed E-state index contributed by atoms with van der Waals surface area (Å²) in [7, 11) is 1.62. The Kier molecular flexibility index (Phi) is 2.18. The smallest absolute Gasteiger partial charge is 0.137 e. The highest BCUT2D eigenvalue weighted by Gasteiger charge is 2.27. The van der Waals surface area contributed by atoms with Crippen LogP contribution in [0.1, 0.15) is 17.2 Å². The highest BCUT2D eigenvalue weighted by molar-refractivity contribution is 6.32. The summed E-state index contributed by atoms with van der Waals surface area (Å²) >= 11 is 5.99. The van der Waals surface area contributed by atoms with Crippen molar-refractivity contribution in [1.29, 1.82) is 0 Å². The summed E-state index contributed by atoms with van der Waals surface area (Å²) in [5.74, 6) is 0.726. The van der Waals surface area contributed by atoms with Crippen molar-refractivity contribution in [3.8, 4) is 5.75 Å². The van der Waals surface area contributed by atoms with Crippen molar-refractivity contribution in [1.82, 2.24) is 0 Å². The molecule has 0 saturated carbocycles. The van der Waals surface area contributed by atoms with E-state index in [-0.39, 0.29) is 6.10 Å². The van der Waals surface area contributed by atoms with Gasteiger partial charge in [-0.2, -0.15) is 0 Å². The molecule has 1 aromatic carbocycles. The van der Waals surface area contributed by atoms with Gasteiger partial charge in [-0.25, -0.2) is 0 Å². The van der Waals surface area contributed by atoms with E-state index < -0.39 is 0 Å². The monoisotopic (exact) mass is 198 g/mol. The number of epoxide rings is 1. The highest BCUT2D eigenvalue weighted by atomic mass is 35.5. The number of hydrogen-bond donors (Lipinski definition) is 0. The van der Waals surface area contributed by atoms with E-state index in [4.69, 9.17) is 21.1 Å². The minimum atomic E-state index is 0.253. The van der Waals surface area contributed by atoms with Crippen molar-refractivity contribution in [2.45, 2.75) is 13.0 Å². The molecule has 1 atom stereocenters. The first-order valence-corrected chi connectivity index (χ1v) is 4.56. The lowest BCUT2D eigenvalue weighted by Gasteiger charge is -2.07. The van der Waals surface area contributed by atoms with Gasteiger partial charge >= 0.3 is 0 Å². The highest BCUT2D eigenvalue weighted by Crippen LogP contribution is 2.37. The zero-order valence-electron chi connectivity index (χ0n) is 7.63. The Bertz CT molecular complexity index is 332. The Morgan fingerprint density at radius 3 is 2.77 bits per heavy atom. The second-order valence-corrected chi connectivity index (χ2v) is 3.57. The van der Waals surface area contributed by atoms with Gasteiger partial charge in [0.15, 0.2) is 0 Å². The van der Waals surface area contributed by atoms with Crippen molar-refractivity contribution in [3.63, 3.8) is 0 Å². The molecule has 2 nitrogen and oxygen atoms in total. The third-order valence-corrected chi connectivity index (χ3v) is 2.52. The first-order valence-electron chi connectivity index (χ1n) is 4.18. The molecule has 3 heteroatoms. The molecular weight excluding hydrogens is 188 g/mol. The fourth-order valence-corrected chi connectivity index (χ4v) is 1.65. The molecule has 70 valence electrons. The van der Waals surface area contributed by atoms with Crippen molar-refractivity contribution in [2.75, 3.05) is 13.7 Å². The Morgan fingerprint density at radius 2 is 2.23 bits per heavy atom. The Morgan fingerprint density at radius 1 is 1.54 bits per heavy atom. The maximum Gasteiger partial charge on any atom is 0.137 e.